The van der Waals surface area contributed by atoms with Crippen LogP contribution in [-0.2, 0) is 11.8 Å². The molecule has 1 aromatic carbocycles. The summed E-state index contributed by atoms with van der Waals surface area (Å²) >= 11 is 5.92. The molecule has 142 valence electrons. The van der Waals surface area contributed by atoms with Gasteiger partial charge in [0.15, 0.2) is 0 Å². The predicted molar refractivity (Wildman–Crippen MR) is 106 cm³/mol. The van der Waals surface area contributed by atoms with Crippen LogP contribution in [0.25, 0.3) is 0 Å². The summed E-state index contributed by atoms with van der Waals surface area (Å²) in [5, 5.41) is 7.15. The van der Waals surface area contributed by atoms with Gasteiger partial charge in [-0.3, -0.25) is 9.69 Å². The molecular formula is C18H25Cl2N5O. The molecule has 3 rings (SSSR count). The average molecular weight is 398 g/mol. The summed E-state index contributed by atoms with van der Waals surface area (Å²) in [5.41, 5.74) is 1.04. The topological polar surface area (TPSA) is 62.2 Å². The lowest BCUT2D eigenvalue weighted by atomic mass is 10.1. The van der Waals surface area contributed by atoms with E-state index in [2.05, 4.69) is 20.5 Å². The van der Waals surface area contributed by atoms with E-state index in [1.165, 1.54) is 0 Å². The maximum Gasteiger partial charge on any atom is 0.234 e. The number of benzene rings is 1. The van der Waals surface area contributed by atoms with Gasteiger partial charge < -0.3 is 15.2 Å². The first-order valence-electron chi connectivity index (χ1n) is 8.51. The number of carbonyl (C=O) groups is 1. The summed E-state index contributed by atoms with van der Waals surface area (Å²) in [6.45, 7) is 4.83. The van der Waals surface area contributed by atoms with Crippen LogP contribution >= 0.6 is 24.0 Å². The van der Waals surface area contributed by atoms with Gasteiger partial charge in [-0.15, -0.1) is 12.4 Å². The van der Waals surface area contributed by atoms with Crippen LogP contribution in [0.5, 0.6) is 0 Å². The van der Waals surface area contributed by atoms with Gasteiger partial charge in [0.1, 0.15) is 5.82 Å². The molecule has 0 saturated carbocycles. The number of nitrogens with zero attached hydrogens (tertiary/aromatic N) is 3. The first kappa shape index (κ1) is 20.7. The van der Waals surface area contributed by atoms with E-state index in [-0.39, 0.29) is 30.4 Å². The molecule has 0 bridgehead atoms. The zero-order valence-electron chi connectivity index (χ0n) is 15.0. The molecule has 0 aliphatic carbocycles. The summed E-state index contributed by atoms with van der Waals surface area (Å²) in [6.07, 6.45) is 3.73. The maximum atomic E-state index is 12.5. The minimum absolute atomic E-state index is 0. The number of nitrogens with one attached hydrogen (secondary N) is 2. The van der Waals surface area contributed by atoms with Gasteiger partial charge in [-0.25, -0.2) is 4.98 Å². The van der Waals surface area contributed by atoms with E-state index in [4.69, 9.17) is 11.6 Å². The number of piperazine rings is 1. The Balaban J connectivity index is 0.00000243. The molecule has 1 amide bonds. The molecule has 1 aromatic heterocycles. The van der Waals surface area contributed by atoms with E-state index in [1.54, 1.807) is 6.20 Å². The zero-order chi connectivity index (χ0) is 17.8. The van der Waals surface area contributed by atoms with Gasteiger partial charge in [0, 0.05) is 44.1 Å². The number of hydrogen-bond acceptors (Lipinski definition) is 4. The van der Waals surface area contributed by atoms with E-state index < -0.39 is 0 Å². The summed E-state index contributed by atoms with van der Waals surface area (Å²) in [4.78, 5) is 19.2. The molecule has 1 saturated heterocycles. The summed E-state index contributed by atoms with van der Waals surface area (Å²) in [5.74, 6) is 0.995. The van der Waals surface area contributed by atoms with Gasteiger partial charge >= 0.3 is 0 Å². The van der Waals surface area contributed by atoms with Crippen LogP contribution in [0.1, 0.15) is 30.4 Å². The lowest BCUT2D eigenvalue weighted by molar-refractivity contribution is -0.123. The second kappa shape index (κ2) is 9.37. The van der Waals surface area contributed by atoms with Crippen LogP contribution in [0.3, 0.4) is 0 Å². The van der Waals surface area contributed by atoms with Gasteiger partial charge in [0.05, 0.1) is 18.6 Å². The van der Waals surface area contributed by atoms with Crippen LogP contribution < -0.4 is 10.6 Å². The molecule has 26 heavy (non-hydrogen) atoms. The average Bonchev–Trinajstić information content (AvgIpc) is 3.01. The lowest BCUT2D eigenvalue weighted by Gasteiger charge is -2.35. The van der Waals surface area contributed by atoms with Crippen LogP contribution in [-0.4, -0.2) is 46.5 Å². The third kappa shape index (κ3) is 4.98. The number of hydrogen-bond donors (Lipinski definition) is 2. The fraction of sp³-hybridized carbons (Fsp3) is 0.444. The third-order valence-electron chi connectivity index (χ3n) is 4.60. The molecule has 2 atom stereocenters. The molecule has 1 aliphatic rings. The Labute approximate surface area is 165 Å². The minimum atomic E-state index is -0.0562. The highest BCUT2D eigenvalue weighted by molar-refractivity contribution is 6.30. The molecule has 2 N–H and O–H groups in total. The second-order valence-electron chi connectivity index (χ2n) is 6.43. The van der Waals surface area contributed by atoms with Crippen molar-refractivity contribution < 1.29 is 4.79 Å². The predicted octanol–water partition coefficient (Wildman–Crippen LogP) is 2.32. The van der Waals surface area contributed by atoms with E-state index in [0.717, 1.165) is 31.0 Å². The Bertz CT molecular complexity index is 719. The fourth-order valence-electron chi connectivity index (χ4n) is 3.19. The van der Waals surface area contributed by atoms with Crippen LogP contribution in [0.4, 0.5) is 0 Å². The number of amides is 1. The molecule has 0 spiro atoms. The molecule has 6 nitrogen and oxygen atoms in total. The van der Waals surface area contributed by atoms with Crippen molar-refractivity contribution in [2.45, 2.75) is 19.0 Å². The van der Waals surface area contributed by atoms with Gasteiger partial charge in [0.25, 0.3) is 0 Å². The van der Waals surface area contributed by atoms with Crippen LogP contribution in [0.15, 0.2) is 36.7 Å². The van der Waals surface area contributed by atoms with Crippen molar-refractivity contribution in [2.24, 2.45) is 7.05 Å². The van der Waals surface area contributed by atoms with Crippen molar-refractivity contribution in [1.82, 2.24) is 25.1 Å². The number of rotatable bonds is 5. The van der Waals surface area contributed by atoms with Crippen molar-refractivity contribution in [2.75, 3.05) is 26.2 Å². The number of carbonyl (C=O) groups excluding carboxylic acids is 1. The van der Waals surface area contributed by atoms with Gasteiger partial charge in [-0.2, -0.15) is 0 Å². The first-order chi connectivity index (χ1) is 12.0. The molecule has 2 heterocycles. The van der Waals surface area contributed by atoms with Gasteiger partial charge in [-0.1, -0.05) is 23.7 Å². The number of aryl methyl sites for hydroxylation is 1. The SMILES string of the molecule is CC(NC(=O)CN1CCNCC1c1nccn1C)c1ccc(Cl)cc1.Cl. The second-order valence-corrected chi connectivity index (χ2v) is 6.86. The zero-order valence-corrected chi connectivity index (χ0v) is 16.6. The molecule has 8 heteroatoms. The quantitative estimate of drug-likeness (QED) is 0.812. The third-order valence-corrected chi connectivity index (χ3v) is 4.86. The largest absolute Gasteiger partial charge is 0.348 e. The number of imidazole rings is 1. The Morgan fingerprint density at radius 1 is 1.42 bits per heavy atom. The number of halogens is 2. The molecule has 2 aromatic rings. The van der Waals surface area contributed by atoms with Gasteiger partial charge in [-0.05, 0) is 24.6 Å². The van der Waals surface area contributed by atoms with Crippen molar-refractivity contribution in [1.29, 1.82) is 0 Å². The molecule has 0 radical (unpaired) electrons. The molecular weight excluding hydrogens is 373 g/mol. The maximum absolute atomic E-state index is 12.5. The summed E-state index contributed by atoms with van der Waals surface area (Å²) in [6, 6.07) is 7.60. The highest BCUT2D eigenvalue weighted by atomic mass is 35.5. The molecule has 1 aliphatic heterocycles. The monoisotopic (exact) mass is 397 g/mol. The van der Waals surface area contributed by atoms with Crippen molar-refractivity contribution >= 4 is 29.9 Å². The highest BCUT2D eigenvalue weighted by Crippen LogP contribution is 2.20. The van der Waals surface area contributed by atoms with E-state index in [1.807, 2.05) is 49.0 Å². The Kier molecular flexibility index (Phi) is 7.46. The van der Waals surface area contributed by atoms with Crippen molar-refractivity contribution in [3.8, 4) is 0 Å². The standard InChI is InChI=1S/C18H24ClN5O.ClH/c1-13(14-3-5-15(19)6-4-14)22-17(25)12-24-10-7-20-11-16(24)18-21-8-9-23(18)2;/h3-6,8-9,13,16,20H,7,10-12H2,1-2H3,(H,22,25);1H. The Hall–Kier alpha value is -1.60. The summed E-state index contributed by atoms with van der Waals surface area (Å²) in [7, 11) is 1.98. The normalized spacial score (nSPS) is 18.8. The summed E-state index contributed by atoms with van der Waals surface area (Å²) < 4.78 is 2.01. The van der Waals surface area contributed by atoms with E-state index in [9.17, 15) is 4.79 Å². The van der Waals surface area contributed by atoms with Gasteiger partial charge in [0.2, 0.25) is 5.91 Å². The smallest absolute Gasteiger partial charge is 0.234 e. The minimum Gasteiger partial charge on any atom is -0.348 e. The van der Waals surface area contributed by atoms with E-state index >= 15 is 0 Å². The van der Waals surface area contributed by atoms with E-state index in [0.29, 0.717) is 11.6 Å². The van der Waals surface area contributed by atoms with Crippen molar-refractivity contribution in [3.05, 3.63) is 53.1 Å². The lowest BCUT2D eigenvalue weighted by Crippen LogP contribution is -2.50. The Morgan fingerprint density at radius 2 is 2.15 bits per heavy atom. The molecule has 1 fully saturated rings. The number of aromatic nitrogens is 2. The molecule has 2 unspecified atom stereocenters. The van der Waals surface area contributed by atoms with Crippen molar-refractivity contribution in [3.63, 3.8) is 0 Å². The highest BCUT2D eigenvalue weighted by Gasteiger charge is 2.28. The van der Waals surface area contributed by atoms with Crippen LogP contribution in [0.2, 0.25) is 5.02 Å². The fourth-order valence-corrected chi connectivity index (χ4v) is 3.32. The Morgan fingerprint density at radius 3 is 2.81 bits per heavy atom. The first-order valence-corrected chi connectivity index (χ1v) is 8.89. The van der Waals surface area contributed by atoms with Crippen LogP contribution in [0, 0.1) is 0 Å².